The van der Waals surface area contributed by atoms with E-state index < -0.39 is 27.3 Å². The number of sulfonamides is 1. The Morgan fingerprint density at radius 1 is 0.971 bits per heavy atom. The lowest BCUT2D eigenvalue weighted by molar-refractivity contribution is -0.120. The van der Waals surface area contributed by atoms with E-state index in [2.05, 4.69) is 15.4 Å². The summed E-state index contributed by atoms with van der Waals surface area (Å²) < 4.78 is 42.3. The molecule has 1 saturated carbocycles. The summed E-state index contributed by atoms with van der Waals surface area (Å²) in [5.41, 5.74) is 0.356. The van der Waals surface area contributed by atoms with Crippen molar-refractivity contribution in [3.8, 4) is 0 Å². The summed E-state index contributed by atoms with van der Waals surface area (Å²) in [6, 6.07) is 8.25. The average molecular weight is 490 g/mol. The fourth-order valence-electron chi connectivity index (χ4n) is 3.97. The molecule has 0 atom stereocenters. The molecule has 184 valence electrons. The van der Waals surface area contributed by atoms with Gasteiger partial charge in [-0.2, -0.15) is 0 Å². The molecule has 0 radical (unpaired) electrons. The molecule has 0 aromatic heterocycles. The summed E-state index contributed by atoms with van der Waals surface area (Å²) in [7, 11) is -3.83. The molecule has 34 heavy (non-hydrogen) atoms. The first kappa shape index (κ1) is 25.8. The van der Waals surface area contributed by atoms with Gasteiger partial charge in [-0.3, -0.25) is 9.59 Å². The second-order valence-electron chi connectivity index (χ2n) is 9.81. The quantitative estimate of drug-likeness (QED) is 0.532. The molecule has 7 nitrogen and oxygen atoms in total. The number of hydrogen-bond acceptors (Lipinski definition) is 4. The predicted octanol–water partition coefficient (Wildman–Crippen LogP) is 4.98. The van der Waals surface area contributed by atoms with Crippen molar-refractivity contribution in [2.75, 3.05) is 10.6 Å². The first-order chi connectivity index (χ1) is 15.9. The number of anilines is 2. The molecular formula is C25H32FN3O4S. The minimum atomic E-state index is -3.83. The van der Waals surface area contributed by atoms with Crippen LogP contribution in [0.1, 0.15) is 68.8 Å². The summed E-state index contributed by atoms with van der Waals surface area (Å²) in [6.07, 6.45) is 4.64. The van der Waals surface area contributed by atoms with Crippen LogP contribution in [0.2, 0.25) is 0 Å². The largest absolute Gasteiger partial charge is 0.323 e. The van der Waals surface area contributed by atoms with Gasteiger partial charge in [0, 0.05) is 22.7 Å². The number of hydrogen-bond donors (Lipinski definition) is 3. The maximum Gasteiger partial charge on any atom is 0.255 e. The van der Waals surface area contributed by atoms with Gasteiger partial charge in [0.05, 0.1) is 10.6 Å². The highest BCUT2D eigenvalue weighted by Gasteiger charge is 2.24. The molecular weight excluding hydrogens is 457 g/mol. The molecule has 2 aromatic carbocycles. The molecule has 0 spiro atoms. The van der Waals surface area contributed by atoms with Crippen LogP contribution in [0.15, 0.2) is 41.3 Å². The maximum absolute atomic E-state index is 14.3. The number of nitrogens with one attached hydrogen (secondary N) is 3. The standard InChI is InChI=1S/C25H32FN3O4S/c1-16-10-12-19(34(32,33)29-25(2,3)4)15-20(16)24(31)27-18-11-13-21(26)22(14-18)28-23(30)17-8-6-5-7-9-17/h10-15,17,29H,5-9H2,1-4H3,(H,27,31)(H,28,30). The van der Waals surface area contributed by atoms with Gasteiger partial charge in [0.2, 0.25) is 15.9 Å². The second kappa shape index (κ2) is 10.2. The number of halogens is 1. The summed E-state index contributed by atoms with van der Waals surface area (Å²) in [5, 5.41) is 5.32. The van der Waals surface area contributed by atoms with Crippen LogP contribution in [-0.4, -0.2) is 25.8 Å². The summed E-state index contributed by atoms with van der Waals surface area (Å²) in [4.78, 5) is 25.4. The van der Waals surface area contributed by atoms with Crippen LogP contribution < -0.4 is 15.4 Å². The van der Waals surface area contributed by atoms with Crippen LogP contribution in [0, 0.1) is 18.7 Å². The number of benzene rings is 2. The molecule has 0 aliphatic heterocycles. The highest BCUT2D eigenvalue weighted by Crippen LogP contribution is 2.27. The highest BCUT2D eigenvalue weighted by atomic mass is 32.2. The Morgan fingerprint density at radius 3 is 2.29 bits per heavy atom. The highest BCUT2D eigenvalue weighted by molar-refractivity contribution is 7.89. The zero-order chi connectivity index (χ0) is 25.1. The normalized spacial score (nSPS) is 15.1. The smallest absolute Gasteiger partial charge is 0.255 e. The lowest BCUT2D eigenvalue weighted by Gasteiger charge is -2.21. The summed E-state index contributed by atoms with van der Waals surface area (Å²) in [6.45, 7) is 6.88. The van der Waals surface area contributed by atoms with Gasteiger partial charge in [0.15, 0.2) is 0 Å². The van der Waals surface area contributed by atoms with Gasteiger partial charge >= 0.3 is 0 Å². The van der Waals surface area contributed by atoms with Crippen molar-refractivity contribution in [2.45, 2.75) is 70.2 Å². The molecule has 3 rings (SSSR count). The molecule has 0 saturated heterocycles. The Kier molecular flexibility index (Phi) is 7.77. The third kappa shape index (κ3) is 6.64. The van der Waals surface area contributed by atoms with Gasteiger partial charge in [0.25, 0.3) is 5.91 Å². The Morgan fingerprint density at radius 2 is 1.65 bits per heavy atom. The van der Waals surface area contributed by atoms with Gasteiger partial charge < -0.3 is 10.6 Å². The van der Waals surface area contributed by atoms with Crippen LogP contribution in [0.25, 0.3) is 0 Å². The molecule has 0 bridgehead atoms. The van der Waals surface area contributed by atoms with Crippen molar-refractivity contribution < 1.29 is 22.4 Å². The van der Waals surface area contributed by atoms with Gasteiger partial charge in [-0.25, -0.2) is 17.5 Å². The molecule has 1 fully saturated rings. The number of amides is 2. The van der Waals surface area contributed by atoms with Crippen LogP contribution in [0.5, 0.6) is 0 Å². The van der Waals surface area contributed by atoms with Crippen molar-refractivity contribution >= 4 is 33.2 Å². The first-order valence-corrected chi connectivity index (χ1v) is 12.9. The lowest BCUT2D eigenvalue weighted by atomic mass is 9.88. The average Bonchev–Trinajstić information content (AvgIpc) is 2.75. The predicted molar refractivity (Wildman–Crippen MR) is 131 cm³/mol. The lowest BCUT2D eigenvalue weighted by Crippen LogP contribution is -2.40. The molecule has 0 unspecified atom stereocenters. The van der Waals surface area contributed by atoms with Crippen molar-refractivity contribution in [1.82, 2.24) is 4.72 Å². The van der Waals surface area contributed by atoms with E-state index in [1.54, 1.807) is 33.8 Å². The second-order valence-corrected chi connectivity index (χ2v) is 11.5. The molecule has 3 N–H and O–H groups in total. The third-order valence-corrected chi connectivity index (χ3v) is 7.42. The first-order valence-electron chi connectivity index (χ1n) is 11.4. The van der Waals surface area contributed by atoms with E-state index in [1.807, 2.05) is 0 Å². The summed E-state index contributed by atoms with van der Waals surface area (Å²) >= 11 is 0. The Hall–Kier alpha value is -2.78. The summed E-state index contributed by atoms with van der Waals surface area (Å²) in [5.74, 6) is -1.50. The molecule has 1 aliphatic carbocycles. The van der Waals surface area contributed by atoms with Gasteiger partial charge in [-0.15, -0.1) is 0 Å². The molecule has 9 heteroatoms. The van der Waals surface area contributed by atoms with Crippen LogP contribution in [0.3, 0.4) is 0 Å². The fourth-order valence-corrected chi connectivity index (χ4v) is 5.42. The number of rotatable bonds is 6. The van der Waals surface area contributed by atoms with E-state index in [4.69, 9.17) is 0 Å². The minimum absolute atomic E-state index is 0.00389. The van der Waals surface area contributed by atoms with E-state index >= 15 is 0 Å². The molecule has 1 aliphatic rings. The van der Waals surface area contributed by atoms with E-state index in [9.17, 15) is 22.4 Å². The SMILES string of the molecule is Cc1ccc(S(=O)(=O)NC(C)(C)C)cc1C(=O)Nc1ccc(F)c(NC(=O)C2CCCCC2)c1. The van der Waals surface area contributed by atoms with Crippen molar-refractivity contribution in [3.05, 3.63) is 53.3 Å². The maximum atomic E-state index is 14.3. The van der Waals surface area contributed by atoms with Crippen LogP contribution >= 0.6 is 0 Å². The number of carbonyl (C=O) groups excluding carboxylic acids is 2. The van der Waals surface area contributed by atoms with Crippen LogP contribution in [0.4, 0.5) is 15.8 Å². The number of carbonyl (C=O) groups is 2. The van der Waals surface area contributed by atoms with E-state index in [0.29, 0.717) is 5.56 Å². The van der Waals surface area contributed by atoms with Crippen molar-refractivity contribution in [2.24, 2.45) is 5.92 Å². The topological polar surface area (TPSA) is 104 Å². The fraction of sp³-hybridized carbons (Fsp3) is 0.440. The van der Waals surface area contributed by atoms with Gasteiger partial charge in [0.1, 0.15) is 5.82 Å². The molecule has 2 aromatic rings. The Labute approximate surface area is 200 Å². The number of aryl methyl sites for hydroxylation is 1. The van der Waals surface area contributed by atoms with Gasteiger partial charge in [-0.05, 0) is 76.4 Å². The third-order valence-electron chi connectivity index (χ3n) is 5.66. The minimum Gasteiger partial charge on any atom is -0.323 e. The van der Waals surface area contributed by atoms with Crippen molar-refractivity contribution in [1.29, 1.82) is 0 Å². The van der Waals surface area contributed by atoms with Gasteiger partial charge in [-0.1, -0.05) is 25.3 Å². The van der Waals surface area contributed by atoms with Crippen LogP contribution in [-0.2, 0) is 14.8 Å². The zero-order valence-electron chi connectivity index (χ0n) is 20.0. The molecule has 2 amide bonds. The van der Waals surface area contributed by atoms with E-state index in [0.717, 1.165) is 32.1 Å². The van der Waals surface area contributed by atoms with E-state index in [1.165, 1.54) is 30.3 Å². The van der Waals surface area contributed by atoms with Crippen molar-refractivity contribution in [3.63, 3.8) is 0 Å². The Balaban J connectivity index is 1.79. The zero-order valence-corrected chi connectivity index (χ0v) is 20.8. The Bertz CT molecular complexity index is 1180. The monoisotopic (exact) mass is 489 g/mol. The van der Waals surface area contributed by atoms with E-state index in [-0.39, 0.29) is 33.7 Å². The molecule has 0 heterocycles.